The fourth-order valence-electron chi connectivity index (χ4n) is 2.47. The molecule has 1 unspecified atom stereocenters. The minimum Gasteiger partial charge on any atom is -0.465 e. The molecule has 8 heteroatoms. The van der Waals surface area contributed by atoms with Crippen molar-refractivity contribution in [2.75, 3.05) is 6.61 Å². The summed E-state index contributed by atoms with van der Waals surface area (Å²) in [7, 11) is 0. The van der Waals surface area contributed by atoms with Crippen LogP contribution in [-0.4, -0.2) is 32.4 Å². The average Bonchev–Trinajstić information content (AvgIpc) is 2.99. The molecular formula is C16H19F2N3O3. The van der Waals surface area contributed by atoms with Crippen LogP contribution in [0.1, 0.15) is 26.3 Å². The van der Waals surface area contributed by atoms with Crippen LogP contribution in [0.4, 0.5) is 8.78 Å². The number of aliphatic hydroxyl groups is 1. The Bertz CT molecular complexity index is 719. The van der Waals surface area contributed by atoms with Gasteiger partial charge in [0.15, 0.2) is 0 Å². The second kappa shape index (κ2) is 6.64. The molecule has 2 aromatic rings. The first-order valence-corrected chi connectivity index (χ1v) is 7.40. The van der Waals surface area contributed by atoms with Crippen molar-refractivity contribution < 1.29 is 23.4 Å². The lowest BCUT2D eigenvalue weighted by molar-refractivity contribution is -0.175. The SMILES string of the molecule is CCOC(=O)C(C)(C)C(O)(Cn1cncn1)c1ccc(F)cc1F. The molecule has 1 aromatic heterocycles. The second-order valence-electron chi connectivity index (χ2n) is 5.92. The number of aromatic nitrogens is 3. The van der Waals surface area contributed by atoms with Gasteiger partial charge in [-0.25, -0.2) is 18.4 Å². The Kier molecular flexibility index (Phi) is 4.98. The van der Waals surface area contributed by atoms with Crippen molar-refractivity contribution in [2.45, 2.75) is 32.9 Å². The number of carbonyl (C=O) groups is 1. The highest BCUT2D eigenvalue weighted by atomic mass is 19.1. The Morgan fingerprint density at radius 3 is 2.62 bits per heavy atom. The third-order valence-electron chi connectivity index (χ3n) is 4.05. The van der Waals surface area contributed by atoms with Gasteiger partial charge in [0, 0.05) is 11.6 Å². The number of ether oxygens (including phenoxy) is 1. The molecule has 0 saturated carbocycles. The van der Waals surface area contributed by atoms with Crippen LogP contribution in [0, 0.1) is 17.0 Å². The van der Waals surface area contributed by atoms with Crippen molar-refractivity contribution in [3.05, 3.63) is 48.1 Å². The standard InChI is InChI=1S/C16H19F2N3O3/c1-4-24-14(22)15(2,3)16(23,8-21-10-19-9-20-21)12-6-5-11(17)7-13(12)18/h5-7,9-10,23H,4,8H2,1-3H3. The van der Waals surface area contributed by atoms with Gasteiger partial charge in [-0.3, -0.25) is 4.79 Å². The summed E-state index contributed by atoms with van der Waals surface area (Å²) >= 11 is 0. The Morgan fingerprint density at radius 1 is 1.38 bits per heavy atom. The highest BCUT2D eigenvalue weighted by molar-refractivity contribution is 5.78. The number of carbonyl (C=O) groups excluding carboxylic acids is 1. The van der Waals surface area contributed by atoms with E-state index in [1.165, 1.54) is 31.2 Å². The summed E-state index contributed by atoms with van der Waals surface area (Å²) in [5, 5.41) is 15.2. The van der Waals surface area contributed by atoms with Crippen LogP contribution in [0.15, 0.2) is 30.9 Å². The predicted molar refractivity (Wildman–Crippen MR) is 80.7 cm³/mol. The van der Waals surface area contributed by atoms with E-state index in [2.05, 4.69) is 10.1 Å². The Labute approximate surface area is 138 Å². The van der Waals surface area contributed by atoms with E-state index in [1.54, 1.807) is 6.92 Å². The lowest BCUT2D eigenvalue weighted by atomic mass is 9.70. The summed E-state index contributed by atoms with van der Waals surface area (Å²) in [5.41, 5.74) is -3.80. The van der Waals surface area contributed by atoms with Crippen molar-refractivity contribution in [2.24, 2.45) is 5.41 Å². The van der Waals surface area contributed by atoms with Crippen molar-refractivity contribution in [1.29, 1.82) is 0 Å². The highest BCUT2D eigenvalue weighted by Gasteiger charge is 2.53. The van der Waals surface area contributed by atoms with Gasteiger partial charge in [0.1, 0.15) is 29.9 Å². The Morgan fingerprint density at radius 2 is 2.08 bits per heavy atom. The summed E-state index contributed by atoms with van der Waals surface area (Å²) in [6, 6.07) is 2.79. The number of esters is 1. The van der Waals surface area contributed by atoms with E-state index in [4.69, 9.17) is 4.74 Å². The predicted octanol–water partition coefficient (Wildman–Crippen LogP) is 2.03. The van der Waals surface area contributed by atoms with Crippen molar-refractivity contribution in [3.8, 4) is 0 Å². The van der Waals surface area contributed by atoms with Crippen molar-refractivity contribution in [1.82, 2.24) is 14.8 Å². The van der Waals surface area contributed by atoms with Crippen LogP contribution in [-0.2, 0) is 21.7 Å². The highest BCUT2D eigenvalue weighted by Crippen LogP contribution is 2.43. The van der Waals surface area contributed by atoms with Crippen molar-refractivity contribution in [3.63, 3.8) is 0 Å². The molecule has 0 amide bonds. The van der Waals surface area contributed by atoms with E-state index in [0.717, 1.165) is 12.1 Å². The normalized spacial score (nSPS) is 14.2. The Hall–Kier alpha value is -2.35. The minimum atomic E-state index is -2.04. The van der Waals surface area contributed by atoms with Crippen LogP contribution in [0.25, 0.3) is 0 Å². The van der Waals surface area contributed by atoms with E-state index < -0.39 is 28.6 Å². The summed E-state index contributed by atoms with van der Waals surface area (Å²) in [6.07, 6.45) is 2.58. The Balaban J connectivity index is 2.58. The molecule has 24 heavy (non-hydrogen) atoms. The molecule has 0 aliphatic heterocycles. The number of rotatable bonds is 6. The molecule has 0 fully saturated rings. The van der Waals surface area contributed by atoms with Crippen molar-refractivity contribution >= 4 is 5.97 Å². The van der Waals surface area contributed by atoms with Gasteiger partial charge in [0.05, 0.1) is 18.6 Å². The fourth-order valence-corrected chi connectivity index (χ4v) is 2.47. The van der Waals surface area contributed by atoms with Crippen LogP contribution < -0.4 is 0 Å². The largest absolute Gasteiger partial charge is 0.465 e. The lowest BCUT2D eigenvalue weighted by Gasteiger charge is -2.41. The molecule has 0 radical (unpaired) electrons. The third-order valence-corrected chi connectivity index (χ3v) is 4.05. The third kappa shape index (κ3) is 3.14. The zero-order valence-corrected chi connectivity index (χ0v) is 13.7. The van der Waals surface area contributed by atoms with E-state index in [9.17, 15) is 18.7 Å². The van der Waals surface area contributed by atoms with Crippen LogP contribution >= 0.6 is 0 Å². The second-order valence-corrected chi connectivity index (χ2v) is 5.92. The molecule has 1 N–H and O–H groups in total. The van der Waals surface area contributed by atoms with Gasteiger partial charge < -0.3 is 9.84 Å². The number of benzene rings is 1. The number of hydrogen-bond donors (Lipinski definition) is 1. The molecule has 0 saturated heterocycles. The van der Waals surface area contributed by atoms with Gasteiger partial charge in [-0.2, -0.15) is 5.10 Å². The number of halogens is 2. The molecular weight excluding hydrogens is 320 g/mol. The van der Waals surface area contributed by atoms with Gasteiger partial charge in [0.2, 0.25) is 0 Å². The van der Waals surface area contributed by atoms with Gasteiger partial charge in [-0.1, -0.05) is 6.07 Å². The molecule has 0 aliphatic rings. The van der Waals surface area contributed by atoms with Gasteiger partial charge in [-0.05, 0) is 26.8 Å². The zero-order valence-electron chi connectivity index (χ0n) is 13.7. The average molecular weight is 339 g/mol. The molecule has 1 aromatic carbocycles. The molecule has 2 rings (SSSR count). The quantitative estimate of drug-likeness (QED) is 0.815. The maximum absolute atomic E-state index is 14.4. The summed E-state index contributed by atoms with van der Waals surface area (Å²) in [6.45, 7) is 4.34. The molecule has 1 atom stereocenters. The smallest absolute Gasteiger partial charge is 0.314 e. The summed E-state index contributed by atoms with van der Waals surface area (Å²) in [5.74, 6) is -2.46. The van der Waals surface area contributed by atoms with E-state index >= 15 is 0 Å². The summed E-state index contributed by atoms with van der Waals surface area (Å²) in [4.78, 5) is 16.1. The molecule has 6 nitrogen and oxygen atoms in total. The number of hydrogen-bond acceptors (Lipinski definition) is 5. The monoisotopic (exact) mass is 339 g/mol. The molecule has 1 heterocycles. The van der Waals surface area contributed by atoms with Crippen LogP contribution in [0.5, 0.6) is 0 Å². The molecule has 0 bridgehead atoms. The summed E-state index contributed by atoms with van der Waals surface area (Å²) < 4.78 is 33.9. The van der Waals surface area contributed by atoms with E-state index in [-0.39, 0.29) is 18.7 Å². The van der Waals surface area contributed by atoms with Crippen LogP contribution in [0.2, 0.25) is 0 Å². The fraction of sp³-hybridized carbons (Fsp3) is 0.438. The maximum Gasteiger partial charge on any atom is 0.314 e. The first kappa shape index (κ1) is 18.0. The number of nitrogens with zero attached hydrogens (tertiary/aromatic N) is 3. The first-order valence-electron chi connectivity index (χ1n) is 7.40. The van der Waals surface area contributed by atoms with Crippen LogP contribution in [0.3, 0.4) is 0 Å². The van der Waals surface area contributed by atoms with Gasteiger partial charge in [-0.15, -0.1) is 0 Å². The molecule has 0 aliphatic carbocycles. The molecule has 0 spiro atoms. The van der Waals surface area contributed by atoms with E-state index in [1.807, 2.05) is 0 Å². The topological polar surface area (TPSA) is 77.2 Å². The minimum absolute atomic E-state index is 0.105. The van der Waals surface area contributed by atoms with Gasteiger partial charge in [0.25, 0.3) is 0 Å². The maximum atomic E-state index is 14.4. The first-order chi connectivity index (χ1) is 11.2. The zero-order chi connectivity index (χ0) is 18.0. The van der Waals surface area contributed by atoms with E-state index in [0.29, 0.717) is 6.07 Å². The lowest BCUT2D eigenvalue weighted by Crippen LogP contribution is -2.51. The molecule has 130 valence electrons. The van der Waals surface area contributed by atoms with Gasteiger partial charge >= 0.3 is 5.97 Å².